The number of aryl methyl sites for hydroxylation is 1. The number of aromatic nitrogens is 2. The van der Waals surface area contributed by atoms with Crippen molar-refractivity contribution in [2.24, 2.45) is 7.05 Å². The first-order chi connectivity index (χ1) is 14.2. The summed E-state index contributed by atoms with van der Waals surface area (Å²) >= 11 is 0. The summed E-state index contributed by atoms with van der Waals surface area (Å²) in [6.07, 6.45) is 4.45. The van der Waals surface area contributed by atoms with Gasteiger partial charge in [0.15, 0.2) is 6.61 Å². The van der Waals surface area contributed by atoms with Gasteiger partial charge in [-0.25, -0.2) is 4.98 Å². The second-order valence-electron chi connectivity index (χ2n) is 7.26. The minimum atomic E-state index is -0.0839. The summed E-state index contributed by atoms with van der Waals surface area (Å²) in [7, 11) is 1.95. The summed E-state index contributed by atoms with van der Waals surface area (Å²) in [6.45, 7) is 2.14. The number of amides is 1. The standard InChI is InChI=1S/C23H26N4O2/c1-26-13-12-25-23(26)20-16-24-11-14-27(20)22(28)17-29-21-10-6-5-9-19(21)15-18-7-3-2-4-8-18/h2-10,12-13,20,24H,11,14-17H2,1H3. The van der Waals surface area contributed by atoms with Gasteiger partial charge in [-0.15, -0.1) is 0 Å². The van der Waals surface area contributed by atoms with Crippen LogP contribution in [0.1, 0.15) is 23.0 Å². The highest BCUT2D eigenvalue weighted by Crippen LogP contribution is 2.23. The molecule has 1 aliphatic rings. The number of nitrogens with one attached hydrogen (secondary N) is 1. The molecule has 6 nitrogen and oxygen atoms in total. The van der Waals surface area contributed by atoms with Gasteiger partial charge in [0.05, 0.1) is 0 Å². The second-order valence-corrected chi connectivity index (χ2v) is 7.26. The van der Waals surface area contributed by atoms with E-state index in [1.807, 2.05) is 65.2 Å². The molecule has 0 radical (unpaired) electrons. The van der Waals surface area contributed by atoms with E-state index >= 15 is 0 Å². The molecule has 6 heteroatoms. The molecule has 4 rings (SSSR count). The van der Waals surface area contributed by atoms with Crippen LogP contribution in [0.3, 0.4) is 0 Å². The smallest absolute Gasteiger partial charge is 0.261 e. The lowest BCUT2D eigenvalue weighted by Gasteiger charge is -2.35. The zero-order chi connectivity index (χ0) is 20.1. The third-order valence-corrected chi connectivity index (χ3v) is 5.28. The molecule has 3 aromatic rings. The molecule has 0 saturated carbocycles. The first-order valence-electron chi connectivity index (χ1n) is 9.94. The number of hydrogen-bond donors (Lipinski definition) is 1. The van der Waals surface area contributed by atoms with E-state index in [0.29, 0.717) is 13.1 Å². The number of piperazine rings is 1. The monoisotopic (exact) mass is 390 g/mol. The minimum absolute atomic E-state index is 0.0194. The van der Waals surface area contributed by atoms with Gasteiger partial charge in [-0.3, -0.25) is 4.79 Å². The van der Waals surface area contributed by atoms with Gasteiger partial charge < -0.3 is 19.5 Å². The summed E-state index contributed by atoms with van der Waals surface area (Å²) in [5.41, 5.74) is 2.29. The van der Waals surface area contributed by atoms with Crippen molar-refractivity contribution in [1.82, 2.24) is 19.8 Å². The molecule has 1 saturated heterocycles. The van der Waals surface area contributed by atoms with Crippen LogP contribution in [-0.4, -0.2) is 46.6 Å². The van der Waals surface area contributed by atoms with Gasteiger partial charge in [0.25, 0.3) is 5.91 Å². The molecule has 1 unspecified atom stereocenters. The number of para-hydroxylation sites is 1. The van der Waals surface area contributed by atoms with E-state index in [1.54, 1.807) is 6.20 Å². The maximum absolute atomic E-state index is 13.0. The molecule has 1 aliphatic heterocycles. The molecule has 2 aromatic carbocycles. The third kappa shape index (κ3) is 4.49. The van der Waals surface area contributed by atoms with Crippen molar-refractivity contribution in [2.75, 3.05) is 26.2 Å². The number of ether oxygens (including phenoxy) is 1. The second kappa shape index (κ2) is 8.92. The van der Waals surface area contributed by atoms with Gasteiger partial charge in [-0.05, 0) is 17.2 Å². The van der Waals surface area contributed by atoms with E-state index < -0.39 is 0 Å². The maximum atomic E-state index is 13.0. The van der Waals surface area contributed by atoms with E-state index in [1.165, 1.54) is 5.56 Å². The molecule has 0 spiro atoms. The normalized spacial score (nSPS) is 16.6. The van der Waals surface area contributed by atoms with E-state index in [0.717, 1.165) is 30.1 Å². The van der Waals surface area contributed by atoms with Crippen molar-refractivity contribution in [3.05, 3.63) is 83.9 Å². The predicted molar refractivity (Wildman–Crippen MR) is 112 cm³/mol. The van der Waals surface area contributed by atoms with Crippen LogP contribution in [-0.2, 0) is 18.3 Å². The lowest BCUT2D eigenvalue weighted by molar-refractivity contribution is -0.137. The number of carbonyl (C=O) groups excluding carboxylic acids is 1. The molecule has 0 bridgehead atoms. The Balaban J connectivity index is 1.45. The highest BCUT2D eigenvalue weighted by atomic mass is 16.5. The molecule has 1 N–H and O–H groups in total. The van der Waals surface area contributed by atoms with Gasteiger partial charge in [0, 0.05) is 45.5 Å². The van der Waals surface area contributed by atoms with Crippen LogP contribution in [0.25, 0.3) is 0 Å². The molecular weight excluding hydrogens is 364 g/mol. The average Bonchev–Trinajstić information content (AvgIpc) is 3.19. The van der Waals surface area contributed by atoms with Crippen molar-refractivity contribution < 1.29 is 9.53 Å². The molecular formula is C23H26N4O2. The topological polar surface area (TPSA) is 59.4 Å². The fraction of sp³-hybridized carbons (Fsp3) is 0.304. The van der Waals surface area contributed by atoms with Crippen molar-refractivity contribution in [1.29, 1.82) is 0 Å². The number of benzene rings is 2. The largest absolute Gasteiger partial charge is 0.483 e. The van der Waals surface area contributed by atoms with E-state index in [9.17, 15) is 4.79 Å². The van der Waals surface area contributed by atoms with Crippen molar-refractivity contribution in [2.45, 2.75) is 12.5 Å². The summed E-state index contributed by atoms with van der Waals surface area (Å²) in [5.74, 6) is 1.62. The van der Waals surface area contributed by atoms with Crippen molar-refractivity contribution >= 4 is 5.91 Å². The van der Waals surface area contributed by atoms with E-state index in [4.69, 9.17) is 4.74 Å². The molecule has 150 valence electrons. The van der Waals surface area contributed by atoms with Gasteiger partial charge in [0.1, 0.15) is 17.6 Å². The van der Waals surface area contributed by atoms with Crippen LogP contribution in [0.2, 0.25) is 0 Å². The fourth-order valence-corrected chi connectivity index (χ4v) is 3.76. The van der Waals surface area contributed by atoms with E-state index in [-0.39, 0.29) is 18.6 Å². The highest BCUT2D eigenvalue weighted by Gasteiger charge is 2.30. The van der Waals surface area contributed by atoms with Crippen LogP contribution < -0.4 is 10.1 Å². The maximum Gasteiger partial charge on any atom is 0.261 e. The van der Waals surface area contributed by atoms with Crippen LogP contribution in [0.5, 0.6) is 5.75 Å². The average molecular weight is 390 g/mol. The van der Waals surface area contributed by atoms with E-state index in [2.05, 4.69) is 22.4 Å². The summed E-state index contributed by atoms with van der Waals surface area (Å²) in [6, 6.07) is 18.1. The Kier molecular flexibility index (Phi) is 5.91. The van der Waals surface area contributed by atoms with Crippen LogP contribution in [0.4, 0.5) is 0 Å². The van der Waals surface area contributed by atoms with Crippen LogP contribution in [0.15, 0.2) is 67.0 Å². The van der Waals surface area contributed by atoms with Crippen molar-refractivity contribution in [3.63, 3.8) is 0 Å². The predicted octanol–water partition coefficient (Wildman–Crippen LogP) is 2.56. The van der Waals surface area contributed by atoms with Crippen molar-refractivity contribution in [3.8, 4) is 5.75 Å². The first-order valence-corrected chi connectivity index (χ1v) is 9.94. The van der Waals surface area contributed by atoms with Crippen LogP contribution >= 0.6 is 0 Å². The fourth-order valence-electron chi connectivity index (χ4n) is 3.76. The zero-order valence-corrected chi connectivity index (χ0v) is 16.6. The number of carbonyl (C=O) groups is 1. The summed E-state index contributed by atoms with van der Waals surface area (Å²) in [4.78, 5) is 19.3. The Morgan fingerprint density at radius 1 is 1.17 bits per heavy atom. The van der Waals surface area contributed by atoms with Crippen LogP contribution in [0, 0.1) is 0 Å². The Morgan fingerprint density at radius 3 is 2.76 bits per heavy atom. The Morgan fingerprint density at radius 2 is 1.97 bits per heavy atom. The number of nitrogens with zero attached hydrogens (tertiary/aromatic N) is 3. The highest BCUT2D eigenvalue weighted by molar-refractivity contribution is 5.78. The lowest BCUT2D eigenvalue weighted by atomic mass is 10.0. The molecule has 1 atom stereocenters. The minimum Gasteiger partial charge on any atom is -0.483 e. The SMILES string of the molecule is Cn1ccnc1C1CNCCN1C(=O)COc1ccccc1Cc1ccccc1. The molecule has 1 amide bonds. The Hall–Kier alpha value is -3.12. The van der Waals surface area contributed by atoms with Gasteiger partial charge in [0.2, 0.25) is 0 Å². The Bertz CT molecular complexity index is 954. The summed E-state index contributed by atoms with van der Waals surface area (Å²) in [5, 5.41) is 3.36. The summed E-state index contributed by atoms with van der Waals surface area (Å²) < 4.78 is 7.95. The number of imidazole rings is 1. The third-order valence-electron chi connectivity index (χ3n) is 5.28. The molecule has 29 heavy (non-hydrogen) atoms. The first kappa shape index (κ1) is 19.2. The number of hydrogen-bond acceptors (Lipinski definition) is 4. The quantitative estimate of drug-likeness (QED) is 0.703. The lowest BCUT2D eigenvalue weighted by Crippen LogP contribution is -2.50. The Labute approximate surface area is 171 Å². The molecule has 1 aromatic heterocycles. The number of rotatable bonds is 6. The van der Waals surface area contributed by atoms with Gasteiger partial charge in [-0.2, -0.15) is 0 Å². The van der Waals surface area contributed by atoms with Gasteiger partial charge in [-0.1, -0.05) is 48.5 Å². The molecule has 2 heterocycles. The van der Waals surface area contributed by atoms with Gasteiger partial charge >= 0.3 is 0 Å². The molecule has 1 fully saturated rings. The molecule has 0 aliphatic carbocycles. The zero-order valence-electron chi connectivity index (χ0n) is 16.6.